The van der Waals surface area contributed by atoms with E-state index in [2.05, 4.69) is 90.4 Å². The quantitative estimate of drug-likeness (QED) is 0.625. The summed E-state index contributed by atoms with van der Waals surface area (Å²) in [4.78, 5) is 4.78. The summed E-state index contributed by atoms with van der Waals surface area (Å²) < 4.78 is 2.11. The van der Waals surface area contributed by atoms with E-state index < -0.39 is 0 Å². The molecule has 3 aliphatic rings. The maximum Gasteiger partial charge on any atom is 0.166 e. The van der Waals surface area contributed by atoms with Gasteiger partial charge in [-0.25, -0.2) is 0 Å². The molecule has 1 aromatic heterocycles. The average molecular weight is 455 g/mol. The summed E-state index contributed by atoms with van der Waals surface area (Å²) in [6.45, 7) is 8.56. The highest BCUT2D eigenvalue weighted by Gasteiger charge is 2.41. The van der Waals surface area contributed by atoms with E-state index in [0.29, 0.717) is 23.8 Å². The van der Waals surface area contributed by atoms with Crippen LogP contribution in [0.25, 0.3) is 11.3 Å². The van der Waals surface area contributed by atoms with E-state index >= 15 is 0 Å². The minimum Gasteiger partial charge on any atom is -0.378 e. The van der Waals surface area contributed by atoms with Crippen molar-refractivity contribution >= 4 is 23.0 Å². The number of piperidine rings is 3. The Labute approximate surface area is 198 Å². The van der Waals surface area contributed by atoms with Gasteiger partial charge in [-0.3, -0.25) is 9.58 Å². The monoisotopic (exact) mass is 454 g/mol. The number of rotatable bonds is 7. The van der Waals surface area contributed by atoms with E-state index in [1.54, 1.807) is 0 Å². The van der Waals surface area contributed by atoms with Crippen LogP contribution in [-0.2, 0) is 7.05 Å². The molecular formula is C25H38N6S. The van der Waals surface area contributed by atoms with Crippen molar-refractivity contribution in [3.05, 3.63) is 36.0 Å². The van der Waals surface area contributed by atoms with Crippen LogP contribution in [-0.4, -0.2) is 66.1 Å². The van der Waals surface area contributed by atoms with Gasteiger partial charge in [-0.05, 0) is 61.6 Å². The van der Waals surface area contributed by atoms with Gasteiger partial charge in [0.05, 0.1) is 5.69 Å². The Morgan fingerprint density at radius 3 is 2.59 bits per heavy atom. The van der Waals surface area contributed by atoms with Gasteiger partial charge in [0.15, 0.2) is 5.11 Å². The smallest absolute Gasteiger partial charge is 0.166 e. The van der Waals surface area contributed by atoms with Gasteiger partial charge < -0.3 is 15.5 Å². The summed E-state index contributed by atoms with van der Waals surface area (Å²) >= 11 is 5.46. The van der Waals surface area contributed by atoms with Gasteiger partial charge in [-0.1, -0.05) is 26.0 Å². The van der Waals surface area contributed by atoms with Crippen LogP contribution in [0.3, 0.4) is 0 Å². The highest BCUT2D eigenvalue weighted by Crippen LogP contribution is 2.42. The molecule has 6 nitrogen and oxygen atoms in total. The molecule has 4 atom stereocenters. The first-order valence-electron chi connectivity index (χ1n) is 11.9. The third-order valence-corrected chi connectivity index (χ3v) is 7.31. The summed E-state index contributed by atoms with van der Waals surface area (Å²) in [5, 5.41) is 12.4. The van der Waals surface area contributed by atoms with Gasteiger partial charge in [-0.2, -0.15) is 5.10 Å². The number of hydrogen-bond donors (Lipinski definition) is 2. The molecule has 0 aliphatic carbocycles. The summed E-state index contributed by atoms with van der Waals surface area (Å²) in [5.41, 5.74) is 4.83. The molecule has 2 aromatic rings. The third-order valence-electron chi connectivity index (χ3n) is 7.02. The number of nitrogens with one attached hydrogen (secondary N) is 2. The first-order valence-corrected chi connectivity index (χ1v) is 12.3. The number of aryl methyl sites for hydroxylation is 1. The summed E-state index contributed by atoms with van der Waals surface area (Å²) in [6, 6.07) is 11.6. The summed E-state index contributed by atoms with van der Waals surface area (Å²) in [7, 11) is 6.24. The molecule has 0 radical (unpaired) electrons. The van der Waals surface area contributed by atoms with Crippen molar-refractivity contribution in [2.24, 2.45) is 18.9 Å². The first-order chi connectivity index (χ1) is 15.3. The highest BCUT2D eigenvalue weighted by atomic mass is 32.1. The first kappa shape index (κ1) is 23.1. The molecule has 3 fully saturated rings. The molecule has 3 aliphatic heterocycles. The Balaban J connectivity index is 1.39. The van der Waals surface area contributed by atoms with E-state index in [0.717, 1.165) is 30.4 Å². The predicted molar refractivity (Wildman–Crippen MR) is 137 cm³/mol. The third kappa shape index (κ3) is 5.09. The standard InChI is InChI=1S/C25H38N6S/c1-17(2)14-26-25(32)27-15-21-12-19-10-11-31(21)16-22(19)24-13-23(28-30(24)5)18-6-8-20(9-7-18)29(3)4/h6-9,13,17,19,21-22H,10-12,14-16H2,1-5H3,(H2,26,27,32)/t19-,21-,22+/m1/s1. The number of nitrogens with zero attached hydrogens (tertiary/aromatic N) is 4. The molecule has 32 heavy (non-hydrogen) atoms. The second kappa shape index (κ2) is 9.79. The van der Waals surface area contributed by atoms with Crippen LogP contribution in [0, 0.1) is 11.8 Å². The molecule has 1 unspecified atom stereocenters. The molecular weight excluding hydrogens is 416 g/mol. The van der Waals surface area contributed by atoms with Crippen LogP contribution in [0.15, 0.2) is 30.3 Å². The lowest BCUT2D eigenvalue weighted by molar-refractivity contribution is 0.0303. The van der Waals surface area contributed by atoms with E-state index in [-0.39, 0.29) is 0 Å². The highest BCUT2D eigenvalue weighted by molar-refractivity contribution is 7.80. The number of thiocarbonyl (C=S) groups is 1. The fourth-order valence-corrected chi connectivity index (χ4v) is 5.32. The van der Waals surface area contributed by atoms with Gasteiger partial charge in [-0.15, -0.1) is 0 Å². The zero-order valence-electron chi connectivity index (χ0n) is 20.1. The topological polar surface area (TPSA) is 48.4 Å². The number of benzene rings is 1. The molecule has 2 bridgehead atoms. The predicted octanol–water partition coefficient (Wildman–Crippen LogP) is 3.45. The zero-order chi connectivity index (χ0) is 22.8. The van der Waals surface area contributed by atoms with Crippen molar-refractivity contribution in [3.63, 3.8) is 0 Å². The van der Waals surface area contributed by atoms with Crippen molar-refractivity contribution in [2.45, 2.75) is 38.6 Å². The maximum absolute atomic E-state index is 5.46. The Morgan fingerprint density at radius 2 is 1.97 bits per heavy atom. The Kier molecular flexibility index (Phi) is 7.05. The Morgan fingerprint density at radius 1 is 1.22 bits per heavy atom. The van der Waals surface area contributed by atoms with Crippen molar-refractivity contribution < 1.29 is 0 Å². The molecule has 7 heteroatoms. The largest absolute Gasteiger partial charge is 0.378 e. The summed E-state index contributed by atoms with van der Waals surface area (Å²) in [6.07, 6.45) is 2.50. The van der Waals surface area contributed by atoms with Crippen molar-refractivity contribution in [1.82, 2.24) is 25.3 Å². The van der Waals surface area contributed by atoms with Crippen LogP contribution in [0.4, 0.5) is 5.69 Å². The Bertz CT molecular complexity index is 919. The molecule has 0 amide bonds. The molecule has 1 aromatic carbocycles. The van der Waals surface area contributed by atoms with Gasteiger partial charge in [0, 0.05) is 69.7 Å². The van der Waals surface area contributed by atoms with Crippen LogP contribution in [0.2, 0.25) is 0 Å². The number of anilines is 1. The SMILES string of the molecule is CC(C)CNC(=S)NC[C@H]1C[C@H]2CCN1C[C@@H]2c1cc(-c2ccc(N(C)C)cc2)nn1C. The lowest BCUT2D eigenvalue weighted by Gasteiger charge is -2.50. The van der Waals surface area contributed by atoms with Gasteiger partial charge in [0.1, 0.15) is 0 Å². The van der Waals surface area contributed by atoms with Crippen LogP contribution in [0.5, 0.6) is 0 Å². The molecule has 174 valence electrons. The van der Waals surface area contributed by atoms with E-state index in [4.69, 9.17) is 17.3 Å². The van der Waals surface area contributed by atoms with Crippen molar-refractivity contribution in [1.29, 1.82) is 0 Å². The number of fused-ring (bicyclic) bond motifs is 3. The number of hydrogen-bond acceptors (Lipinski definition) is 4. The van der Waals surface area contributed by atoms with Crippen molar-refractivity contribution in [3.8, 4) is 11.3 Å². The lowest BCUT2D eigenvalue weighted by atomic mass is 9.74. The fourth-order valence-electron chi connectivity index (χ4n) is 5.16. The van der Waals surface area contributed by atoms with Crippen LogP contribution in [0.1, 0.15) is 38.3 Å². The average Bonchev–Trinajstić information content (AvgIpc) is 3.18. The fraction of sp³-hybridized carbons (Fsp3) is 0.600. The zero-order valence-corrected chi connectivity index (χ0v) is 21.0. The van der Waals surface area contributed by atoms with E-state index in [1.165, 1.54) is 36.3 Å². The lowest BCUT2D eigenvalue weighted by Crippen LogP contribution is -2.56. The molecule has 3 saturated heterocycles. The normalized spacial score (nSPS) is 24.6. The number of aromatic nitrogens is 2. The molecule has 5 rings (SSSR count). The van der Waals surface area contributed by atoms with E-state index in [9.17, 15) is 0 Å². The van der Waals surface area contributed by atoms with Gasteiger partial charge in [0.25, 0.3) is 0 Å². The Hall–Kier alpha value is -2.12. The minimum absolute atomic E-state index is 0.554. The van der Waals surface area contributed by atoms with Gasteiger partial charge >= 0.3 is 0 Å². The molecule has 2 N–H and O–H groups in total. The second-order valence-corrected chi connectivity index (χ2v) is 10.5. The molecule has 4 heterocycles. The van der Waals surface area contributed by atoms with Crippen LogP contribution >= 0.6 is 12.2 Å². The van der Waals surface area contributed by atoms with Crippen LogP contribution < -0.4 is 15.5 Å². The minimum atomic E-state index is 0.554. The summed E-state index contributed by atoms with van der Waals surface area (Å²) in [5.74, 6) is 1.86. The van der Waals surface area contributed by atoms with Gasteiger partial charge in [0.2, 0.25) is 0 Å². The molecule has 0 spiro atoms. The van der Waals surface area contributed by atoms with E-state index in [1.807, 2.05) is 0 Å². The second-order valence-electron chi connectivity index (χ2n) is 10.0. The maximum atomic E-state index is 5.46. The van der Waals surface area contributed by atoms with Crippen molar-refractivity contribution in [2.75, 3.05) is 45.2 Å². The molecule has 0 saturated carbocycles.